The molecule has 186 valence electrons. The second kappa shape index (κ2) is 11.7. The molecule has 1 heterocycles. The van der Waals surface area contributed by atoms with Gasteiger partial charge in [0.2, 0.25) is 0 Å². The van der Waals surface area contributed by atoms with Gasteiger partial charge in [-0.3, -0.25) is 19.3 Å². The fourth-order valence-electron chi connectivity index (χ4n) is 3.13. The molecule has 1 saturated heterocycles. The topological polar surface area (TPSA) is 82.1 Å². The molecule has 2 aromatic rings. The van der Waals surface area contributed by atoms with Gasteiger partial charge in [0.15, 0.2) is 11.5 Å². The Bertz CT molecular complexity index is 1180. The predicted octanol–water partition coefficient (Wildman–Crippen LogP) is 6.30. The molecule has 0 spiro atoms. The minimum atomic E-state index is -0.712. The van der Waals surface area contributed by atoms with E-state index in [9.17, 15) is 14.4 Å². The Kier molecular flexibility index (Phi) is 9.11. The lowest BCUT2D eigenvalue weighted by Crippen LogP contribution is -2.37. The van der Waals surface area contributed by atoms with Crippen LogP contribution in [0, 0.1) is 3.57 Å². The molecular formula is C25H25ClINO6S. The molecular weight excluding hydrogens is 605 g/mol. The van der Waals surface area contributed by atoms with E-state index in [1.165, 1.54) is 0 Å². The van der Waals surface area contributed by atoms with Crippen molar-refractivity contribution in [3.05, 3.63) is 61.0 Å². The number of rotatable bonds is 8. The Hall–Kier alpha value is -2.24. The number of imide groups is 1. The second-order valence-corrected chi connectivity index (χ2v) is 11.1. The number of hydrogen-bond acceptors (Lipinski definition) is 7. The van der Waals surface area contributed by atoms with Crippen LogP contribution in [-0.4, -0.2) is 40.8 Å². The van der Waals surface area contributed by atoms with Gasteiger partial charge in [-0.15, -0.1) is 0 Å². The van der Waals surface area contributed by atoms with Crippen molar-refractivity contribution in [2.24, 2.45) is 0 Å². The molecule has 3 rings (SSSR count). The summed E-state index contributed by atoms with van der Waals surface area (Å²) in [4.78, 5) is 38.4. The lowest BCUT2D eigenvalue weighted by Gasteiger charge is -2.21. The maximum absolute atomic E-state index is 12.8. The summed E-state index contributed by atoms with van der Waals surface area (Å²) in [7, 11) is 0. The van der Waals surface area contributed by atoms with Crippen LogP contribution in [0.25, 0.3) is 6.08 Å². The van der Waals surface area contributed by atoms with Crippen molar-refractivity contribution < 1.29 is 28.6 Å². The molecule has 0 N–H and O–H groups in total. The molecule has 1 aliphatic rings. The number of benzene rings is 2. The van der Waals surface area contributed by atoms with Crippen LogP contribution in [-0.2, 0) is 20.9 Å². The van der Waals surface area contributed by atoms with E-state index in [-0.39, 0.29) is 11.5 Å². The summed E-state index contributed by atoms with van der Waals surface area (Å²) in [5.41, 5.74) is 0.789. The van der Waals surface area contributed by atoms with Gasteiger partial charge in [0, 0.05) is 10.6 Å². The largest absolute Gasteiger partial charge is 0.490 e. The van der Waals surface area contributed by atoms with Gasteiger partial charge in [0.25, 0.3) is 11.1 Å². The number of esters is 1. The summed E-state index contributed by atoms with van der Waals surface area (Å²) in [5, 5.41) is 0.0886. The first-order valence-corrected chi connectivity index (χ1v) is 13.1. The standard InChI is InChI=1S/C25H25ClINO6S/c1-5-32-19-11-15(10-18(27)22(19)33-14-16-8-6-7-9-17(16)26)12-20-23(30)28(24(31)35-20)13-21(29)34-25(2,3)4/h6-12H,5,13-14H2,1-4H3. The van der Waals surface area contributed by atoms with E-state index in [4.69, 9.17) is 25.8 Å². The van der Waals surface area contributed by atoms with E-state index in [2.05, 4.69) is 22.6 Å². The zero-order chi connectivity index (χ0) is 25.8. The van der Waals surface area contributed by atoms with Crippen LogP contribution in [0.2, 0.25) is 5.02 Å². The van der Waals surface area contributed by atoms with Gasteiger partial charge in [-0.2, -0.15) is 0 Å². The smallest absolute Gasteiger partial charge is 0.326 e. The molecule has 1 fully saturated rings. The molecule has 0 saturated carbocycles. The van der Waals surface area contributed by atoms with Crippen molar-refractivity contribution in [2.75, 3.05) is 13.2 Å². The number of thioether (sulfide) groups is 1. The number of halogens is 2. The fourth-order valence-corrected chi connectivity index (χ4v) is 4.94. The summed E-state index contributed by atoms with van der Waals surface area (Å²) in [6.07, 6.45) is 1.60. The Morgan fingerprint density at radius 3 is 2.54 bits per heavy atom. The lowest BCUT2D eigenvalue weighted by atomic mass is 10.1. The molecule has 0 unspecified atom stereocenters. The summed E-state index contributed by atoms with van der Waals surface area (Å²) in [6, 6.07) is 11.0. The van der Waals surface area contributed by atoms with Crippen LogP contribution in [0.15, 0.2) is 41.3 Å². The molecule has 2 amide bonds. The lowest BCUT2D eigenvalue weighted by molar-refractivity contribution is -0.156. The number of ether oxygens (including phenoxy) is 3. The highest BCUT2D eigenvalue weighted by atomic mass is 127. The molecule has 1 aliphatic heterocycles. The highest BCUT2D eigenvalue weighted by molar-refractivity contribution is 14.1. The third-order valence-electron chi connectivity index (χ3n) is 4.54. The Balaban J connectivity index is 1.81. The SMILES string of the molecule is CCOc1cc(C=C2SC(=O)N(CC(=O)OC(C)(C)C)C2=O)cc(I)c1OCc1ccccc1Cl. The van der Waals surface area contributed by atoms with Crippen LogP contribution in [0.1, 0.15) is 38.8 Å². The van der Waals surface area contributed by atoms with Crippen molar-refractivity contribution >= 4 is 69.1 Å². The van der Waals surface area contributed by atoms with Crippen LogP contribution in [0.3, 0.4) is 0 Å². The van der Waals surface area contributed by atoms with Gasteiger partial charge in [-0.1, -0.05) is 29.8 Å². The van der Waals surface area contributed by atoms with E-state index < -0.39 is 29.3 Å². The predicted molar refractivity (Wildman–Crippen MR) is 145 cm³/mol. The van der Waals surface area contributed by atoms with Crippen LogP contribution >= 0.6 is 46.0 Å². The van der Waals surface area contributed by atoms with Crippen molar-refractivity contribution in [2.45, 2.75) is 39.9 Å². The maximum atomic E-state index is 12.8. The summed E-state index contributed by atoms with van der Waals surface area (Å²) in [5.74, 6) is -0.125. The molecule has 0 atom stereocenters. The molecule has 2 aromatic carbocycles. The molecule has 0 aliphatic carbocycles. The molecule has 7 nitrogen and oxygen atoms in total. The average Bonchev–Trinajstić information content (AvgIpc) is 3.00. The zero-order valence-corrected chi connectivity index (χ0v) is 23.5. The highest BCUT2D eigenvalue weighted by Crippen LogP contribution is 2.38. The van der Waals surface area contributed by atoms with E-state index in [1.807, 2.05) is 31.2 Å². The summed E-state index contributed by atoms with van der Waals surface area (Å²) >= 11 is 9.15. The van der Waals surface area contributed by atoms with Crippen LogP contribution in [0.4, 0.5) is 4.79 Å². The van der Waals surface area contributed by atoms with Crippen molar-refractivity contribution in [1.82, 2.24) is 4.90 Å². The van der Waals surface area contributed by atoms with E-state index >= 15 is 0 Å². The van der Waals surface area contributed by atoms with E-state index in [1.54, 1.807) is 39.0 Å². The Morgan fingerprint density at radius 1 is 1.17 bits per heavy atom. The number of nitrogens with zero attached hydrogens (tertiary/aromatic N) is 1. The summed E-state index contributed by atoms with van der Waals surface area (Å²) < 4.78 is 17.8. The van der Waals surface area contributed by atoms with Crippen molar-refractivity contribution in [3.8, 4) is 11.5 Å². The zero-order valence-electron chi connectivity index (χ0n) is 19.7. The fraction of sp³-hybridized carbons (Fsp3) is 0.320. The number of hydrogen-bond donors (Lipinski definition) is 0. The minimum Gasteiger partial charge on any atom is -0.490 e. The van der Waals surface area contributed by atoms with Gasteiger partial charge >= 0.3 is 5.97 Å². The van der Waals surface area contributed by atoms with Crippen molar-refractivity contribution in [1.29, 1.82) is 0 Å². The van der Waals surface area contributed by atoms with Crippen LogP contribution < -0.4 is 9.47 Å². The first-order valence-electron chi connectivity index (χ1n) is 10.8. The highest BCUT2D eigenvalue weighted by Gasteiger charge is 2.37. The monoisotopic (exact) mass is 629 g/mol. The third-order valence-corrected chi connectivity index (χ3v) is 6.62. The van der Waals surface area contributed by atoms with Gasteiger partial charge in [0.1, 0.15) is 18.8 Å². The maximum Gasteiger partial charge on any atom is 0.326 e. The summed E-state index contributed by atoms with van der Waals surface area (Å²) in [6.45, 7) is 7.26. The van der Waals surface area contributed by atoms with Gasteiger partial charge < -0.3 is 14.2 Å². The van der Waals surface area contributed by atoms with E-state index in [0.717, 1.165) is 25.8 Å². The van der Waals surface area contributed by atoms with Gasteiger partial charge in [-0.25, -0.2) is 0 Å². The first-order chi connectivity index (χ1) is 16.5. The van der Waals surface area contributed by atoms with E-state index in [0.29, 0.717) is 28.7 Å². The average molecular weight is 630 g/mol. The molecule has 35 heavy (non-hydrogen) atoms. The third kappa shape index (κ3) is 7.37. The normalized spacial score (nSPS) is 15.0. The Morgan fingerprint density at radius 2 is 1.89 bits per heavy atom. The number of amides is 2. The Labute approximate surface area is 227 Å². The van der Waals surface area contributed by atoms with Gasteiger partial charge in [0.05, 0.1) is 15.1 Å². The molecule has 0 bridgehead atoms. The second-order valence-electron chi connectivity index (χ2n) is 8.50. The molecule has 0 aromatic heterocycles. The van der Waals surface area contributed by atoms with Crippen molar-refractivity contribution in [3.63, 3.8) is 0 Å². The first kappa shape index (κ1) is 27.3. The molecule has 0 radical (unpaired) electrons. The molecule has 10 heteroatoms. The minimum absolute atomic E-state index is 0.210. The quantitative estimate of drug-likeness (QED) is 0.193. The van der Waals surface area contributed by atoms with Crippen LogP contribution in [0.5, 0.6) is 11.5 Å². The number of carbonyl (C=O) groups excluding carboxylic acids is 3. The van der Waals surface area contributed by atoms with Gasteiger partial charge in [-0.05, 0) is 91.9 Å². The number of carbonyl (C=O) groups is 3.